The maximum Gasteiger partial charge on any atom is 0.335 e. The Balaban J connectivity index is 2.40. The zero-order chi connectivity index (χ0) is 14.9. The molecule has 1 aliphatic rings. The summed E-state index contributed by atoms with van der Waals surface area (Å²) >= 11 is 0. The van der Waals surface area contributed by atoms with Crippen LogP contribution < -0.4 is 0 Å². The van der Waals surface area contributed by atoms with Crippen molar-refractivity contribution in [3.8, 4) is 0 Å². The fourth-order valence-electron chi connectivity index (χ4n) is 2.10. The molecular formula is C17H21NO2. The molecule has 1 aromatic rings. The summed E-state index contributed by atoms with van der Waals surface area (Å²) in [5.74, 6) is -0.0489. The quantitative estimate of drug-likeness (QED) is 0.802. The molecule has 0 heterocycles. The van der Waals surface area contributed by atoms with E-state index < -0.39 is 5.97 Å². The average molecular weight is 271 g/mol. The van der Waals surface area contributed by atoms with Crippen molar-refractivity contribution < 1.29 is 9.90 Å². The number of rotatable bonds is 5. The highest BCUT2D eigenvalue weighted by Gasteiger charge is 2.27. The summed E-state index contributed by atoms with van der Waals surface area (Å²) in [7, 11) is 0. The summed E-state index contributed by atoms with van der Waals surface area (Å²) in [5, 5.41) is 9.22. The first-order valence-electron chi connectivity index (χ1n) is 7.01. The smallest absolute Gasteiger partial charge is 0.335 e. The third-order valence-electron chi connectivity index (χ3n) is 3.80. The Morgan fingerprint density at radius 2 is 2.10 bits per heavy atom. The Bertz CT molecular complexity index is 581. The van der Waals surface area contributed by atoms with Gasteiger partial charge in [-0.2, -0.15) is 0 Å². The monoisotopic (exact) mass is 271 g/mol. The number of allylic oxidation sites excluding steroid dienone is 1. The number of carboxylic acids is 1. The van der Waals surface area contributed by atoms with Gasteiger partial charge in [-0.15, -0.1) is 0 Å². The molecule has 0 radical (unpaired) electrons. The predicted molar refractivity (Wildman–Crippen MR) is 82.2 cm³/mol. The van der Waals surface area contributed by atoms with E-state index in [0.29, 0.717) is 17.4 Å². The van der Waals surface area contributed by atoms with E-state index in [1.165, 1.54) is 0 Å². The van der Waals surface area contributed by atoms with Crippen LogP contribution in [0.2, 0.25) is 0 Å². The first kappa shape index (κ1) is 14.5. The van der Waals surface area contributed by atoms with Crippen LogP contribution >= 0.6 is 0 Å². The van der Waals surface area contributed by atoms with Crippen molar-refractivity contribution in [1.82, 2.24) is 0 Å². The van der Waals surface area contributed by atoms with E-state index in [4.69, 9.17) is 0 Å². The second kappa shape index (κ2) is 5.61. The number of aliphatic imine (C=N–C) groups is 1. The number of carbonyl (C=O) groups is 1. The maximum atomic E-state index is 11.2. The van der Waals surface area contributed by atoms with Gasteiger partial charge in [0.2, 0.25) is 0 Å². The Kier molecular flexibility index (Phi) is 4.07. The van der Waals surface area contributed by atoms with E-state index in [2.05, 4.69) is 25.4 Å². The van der Waals surface area contributed by atoms with Gasteiger partial charge in [-0.25, -0.2) is 4.79 Å². The molecule has 20 heavy (non-hydrogen) atoms. The number of carboxylic acid groups (broad SMARTS) is 1. The van der Waals surface area contributed by atoms with Crippen LogP contribution in [0.5, 0.6) is 0 Å². The molecule has 0 aromatic heterocycles. The lowest BCUT2D eigenvalue weighted by Crippen LogP contribution is -2.00. The number of hydrogen-bond donors (Lipinski definition) is 1. The predicted octanol–water partition coefficient (Wildman–Crippen LogP) is 4.49. The Morgan fingerprint density at radius 3 is 2.60 bits per heavy atom. The number of nitrogens with zero attached hydrogens (tertiary/aromatic N) is 1. The van der Waals surface area contributed by atoms with E-state index in [1.807, 2.05) is 6.92 Å². The van der Waals surface area contributed by atoms with Crippen LogP contribution in [0.15, 0.2) is 29.3 Å². The van der Waals surface area contributed by atoms with E-state index in [9.17, 15) is 9.90 Å². The minimum Gasteiger partial charge on any atom is -0.478 e. The molecule has 106 valence electrons. The van der Waals surface area contributed by atoms with Crippen LogP contribution in [-0.2, 0) is 0 Å². The topological polar surface area (TPSA) is 49.7 Å². The molecule has 0 atom stereocenters. The van der Waals surface area contributed by atoms with E-state index in [1.54, 1.807) is 18.3 Å². The van der Waals surface area contributed by atoms with Gasteiger partial charge in [-0.3, -0.25) is 4.99 Å². The number of aromatic carboxylic acids is 1. The van der Waals surface area contributed by atoms with E-state index in [0.717, 1.165) is 35.2 Å². The molecule has 0 aliphatic heterocycles. The van der Waals surface area contributed by atoms with Crippen molar-refractivity contribution >= 4 is 17.9 Å². The third kappa shape index (κ3) is 3.16. The van der Waals surface area contributed by atoms with Gasteiger partial charge in [0, 0.05) is 6.21 Å². The van der Waals surface area contributed by atoms with Gasteiger partial charge in [-0.05, 0) is 60.4 Å². The summed E-state index contributed by atoms with van der Waals surface area (Å²) in [6, 6.07) is 3.44. The SMILES string of the molecule is C=C(C=Nc1cc(C(=O)O)cc(C2CC2)c1C)C(C)C. The van der Waals surface area contributed by atoms with Crippen molar-refractivity contribution in [2.45, 2.75) is 39.5 Å². The molecule has 0 spiro atoms. The van der Waals surface area contributed by atoms with Crippen molar-refractivity contribution in [1.29, 1.82) is 0 Å². The fourth-order valence-corrected chi connectivity index (χ4v) is 2.10. The summed E-state index contributed by atoms with van der Waals surface area (Å²) in [6.45, 7) is 10.1. The molecule has 0 saturated heterocycles. The van der Waals surface area contributed by atoms with Crippen molar-refractivity contribution in [3.05, 3.63) is 41.0 Å². The van der Waals surface area contributed by atoms with Gasteiger partial charge in [0.05, 0.1) is 11.3 Å². The van der Waals surface area contributed by atoms with Gasteiger partial charge in [-0.1, -0.05) is 20.4 Å². The highest BCUT2D eigenvalue weighted by molar-refractivity contribution is 5.90. The first-order valence-corrected chi connectivity index (χ1v) is 7.01. The molecule has 3 nitrogen and oxygen atoms in total. The Hall–Kier alpha value is -1.90. The summed E-state index contributed by atoms with van der Waals surface area (Å²) in [5.41, 5.74) is 4.23. The summed E-state index contributed by atoms with van der Waals surface area (Å²) in [6.07, 6.45) is 4.03. The van der Waals surface area contributed by atoms with Crippen LogP contribution in [-0.4, -0.2) is 17.3 Å². The number of hydrogen-bond acceptors (Lipinski definition) is 2. The lowest BCUT2D eigenvalue weighted by molar-refractivity contribution is 0.0697. The third-order valence-corrected chi connectivity index (χ3v) is 3.80. The molecule has 0 bridgehead atoms. The van der Waals surface area contributed by atoms with Crippen molar-refractivity contribution in [2.24, 2.45) is 10.9 Å². The second-order valence-electron chi connectivity index (χ2n) is 5.78. The highest BCUT2D eigenvalue weighted by atomic mass is 16.4. The molecule has 1 aliphatic carbocycles. The van der Waals surface area contributed by atoms with Crippen LogP contribution in [0.4, 0.5) is 5.69 Å². The highest BCUT2D eigenvalue weighted by Crippen LogP contribution is 2.44. The standard InChI is InChI=1S/C17H21NO2/c1-10(2)11(3)9-18-16-8-14(17(19)20)7-15(12(16)4)13-5-6-13/h7-10,13H,3,5-6H2,1-2,4H3,(H,19,20). The van der Waals surface area contributed by atoms with E-state index >= 15 is 0 Å². The lowest BCUT2D eigenvalue weighted by atomic mass is 9.99. The molecule has 1 fully saturated rings. The summed E-state index contributed by atoms with van der Waals surface area (Å²) in [4.78, 5) is 15.7. The molecule has 1 aromatic carbocycles. The van der Waals surface area contributed by atoms with Gasteiger partial charge < -0.3 is 5.11 Å². The largest absolute Gasteiger partial charge is 0.478 e. The fraction of sp³-hybridized carbons (Fsp3) is 0.412. The van der Waals surface area contributed by atoms with Crippen molar-refractivity contribution in [2.75, 3.05) is 0 Å². The maximum absolute atomic E-state index is 11.2. The Labute approximate surface area is 120 Å². The zero-order valence-electron chi connectivity index (χ0n) is 12.3. The van der Waals surface area contributed by atoms with Gasteiger partial charge in [0.25, 0.3) is 0 Å². The van der Waals surface area contributed by atoms with Crippen molar-refractivity contribution in [3.63, 3.8) is 0 Å². The second-order valence-corrected chi connectivity index (χ2v) is 5.78. The minimum atomic E-state index is -0.897. The molecule has 1 N–H and O–H groups in total. The molecule has 0 amide bonds. The van der Waals surface area contributed by atoms with E-state index in [-0.39, 0.29) is 0 Å². The van der Waals surface area contributed by atoms with Gasteiger partial charge in [0.15, 0.2) is 0 Å². The first-order chi connectivity index (χ1) is 9.40. The molecule has 0 unspecified atom stereocenters. The van der Waals surface area contributed by atoms with Crippen LogP contribution in [0.1, 0.15) is 54.1 Å². The Morgan fingerprint density at radius 1 is 1.45 bits per heavy atom. The molecule has 3 heteroatoms. The molecule has 2 rings (SSSR count). The van der Waals surface area contributed by atoms with Crippen LogP contribution in [0.3, 0.4) is 0 Å². The normalized spacial score (nSPS) is 15.0. The molecular weight excluding hydrogens is 250 g/mol. The minimum absolute atomic E-state index is 0.319. The summed E-state index contributed by atoms with van der Waals surface area (Å²) < 4.78 is 0. The zero-order valence-corrected chi connectivity index (χ0v) is 12.3. The lowest BCUT2D eigenvalue weighted by Gasteiger charge is -2.10. The van der Waals surface area contributed by atoms with Gasteiger partial charge in [0.1, 0.15) is 0 Å². The average Bonchev–Trinajstić information content (AvgIpc) is 3.20. The molecule has 1 saturated carbocycles. The number of benzene rings is 1. The van der Waals surface area contributed by atoms with Crippen LogP contribution in [0, 0.1) is 12.8 Å². The van der Waals surface area contributed by atoms with Gasteiger partial charge >= 0.3 is 5.97 Å². The van der Waals surface area contributed by atoms with Crippen LogP contribution in [0.25, 0.3) is 0 Å².